The van der Waals surface area contributed by atoms with Crippen LogP contribution in [0.4, 0.5) is 13.2 Å². The summed E-state index contributed by atoms with van der Waals surface area (Å²) in [7, 11) is -2.75. The Bertz CT molecular complexity index is 576. The summed E-state index contributed by atoms with van der Waals surface area (Å²) in [4.78, 5) is 0. The van der Waals surface area contributed by atoms with Crippen LogP contribution in [0.15, 0.2) is 22.6 Å². The number of rotatable bonds is 3. The van der Waals surface area contributed by atoms with Crippen molar-refractivity contribution in [1.29, 1.82) is 0 Å². The van der Waals surface area contributed by atoms with E-state index in [1.54, 1.807) is 33.1 Å². The van der Waals surface area contributed by atoms with Crippen molar-refractivity contribution < 1.29 is 17.4 Å². The van der Waals surface area contributed by atoms with E-state index in [4.69, 9.17) is 0 Å². The summed E-state index contributed by atoms with van der Waals surface area (Å²) in [5, 5.41) is -0.136. The van der Waals surface area contributed by atoms with Crippen molar-refractivity contribution in [1.82, 2.24) is 0 Å². The molecule has 0 atom stereocenters. The maximum Gasteiger partial charge on any atom is 0.416 e. The summed E-state index contributed by atoms with van der Waals surface area (Å²) < 4.78 is 55.0. The Hall–Kier alpha value is -1.17. The van der Waals surface area contributed by atoms with Gasteiger partial charge in [-0.05, 0) is 41.2 Å². The predicted molar refractivity (Wildman–Crippen MR) is 79.0 cm³/mol. The molecule has 0 unspecified atom stereocenters. The van der Waals surface area contributed by atoms with Crippen LogP contribution in [0, 0.1) is 6.92 Å². The van der Waals surface area contributed by atoms with Gasteiger partial charge in [0.15, 0.2) is 0 Å². The van der Waals surface area contributed by atoms with Crippen molar-refractivity contribution in [3.05, 3.63) is 34.9 Å². The third kappa shape index (κ3) is 3.69. The van der Waals surface area contributed by atoms with E-state index in [1.807, 2.05) is 0 Å². The summed E-state index contributed by atoms with van der Waals surface area (Å²) in [6.45, 7) is 6.58. The molecule has 0 radical (unpaired) electrons. The van der Waals surface area contributed by atoms with Crippen LogP contribution in [-0.4, -0.2) is 21.4 Å². The van der Waals surface area contributed by atoms with Gasteiger partial charge in [-0.3, -0.25) is 4.21 Å². The Kier molecular flexibility index (Phi) is 4.79. The van der Waals surface area contributed by atoms with Crippen molar-refractivity contribution in [3.8, 4) is 0 Å². The lowest BCUT2D eigenvalue weighted by atomic mass is 9.99. The number of hydrogen-bond acceptors (Lipinski definition) is 1. The van der Waals surface area contributed by atoms with E-state index in [9.17, 15) is 17.4 Å². The number of thiol groups is 1. The zero-order chi connectivity index (χ0) is 15.7. The minimum atomic E-state index is -4.39. The van der Waals surface area contributed by atoms with Crippen molar-refractivity contribution >= 4 is 15.8 Å². The lowest BCUT2D eigenvalue weighted by molar-refractivity contribution is -0.138. The molecule has 0 aliphatic heterocycles. The first-order valence-corrected chi connectivity index (χ1v) is 8.45. The fourth-order valence-corrected chi connectivity index (χ4v) is 2.74. The molecule has 0 spiro atoms. The first-order chi connectivity index (χ1) is 8.97. The monoisotopic (exact) mass is 307 g/mol. The molecule has 20 heavy (non-hydrogen) atoms. The van der Waals surface area contributed by atoms with Crippen LogP contribution in [0.5, 0.6) is 0 Å². The van der Waals surface area contributed by atoms with Crippen molar-refractivity contribution in [2.24, 2.45) is 4.40 Å². The minimum Gasteiger partial charge on any atom is -0.265 e. The van der Waals surface area contributed by atoms with Gasteiger partial charge in [0, 0.05) is 11.5 Å². The standard InChI is InChI=1S/C14H20F3NOS/c1-9(2)20(5,19)18-11(4)12-7-6-8-13(10(12)3)14(15,16)17/h6-9,20H,1-5H3. The Morgan fingerprint density at radius 1 is 1.30 bits per heavy atom. The number of nitrogens with zero attached hydrogens (tertiary/aromatic N) is 1. The van der Waals surface area contributed by atoms with E-state index < -0.39 is 21.9 Å². The number of hydrogen-bond donors (Lipinski definition) is 1. The first-order valence-electron chi connectivity index (χ1n) is 6.28. The van der Waals surface area contributed by atoms with Crippen molar-refractivity contribution in [2.75, 3.05) is 6.26 Å². The molecule has 0 bridgehead atoms. The highest BCUT2D eigenvalue weighted by Crippen LogP contribution is 2.33. The van der Waals surface area contributed by atoms with Gasteiger partial charge in [-0.2, -0.15) is 13.2 Å². The molecule has 0 saturated carbocycles. The molecule has 6 heteroatoms. The number of halogens is 3. The summed E-state index contributed by atoms with van der Waals surface area (Å²) >= 11 is 0. The van der Waals surface area contributed by atoms with E-state index in [2.05, 4.69) is 4.40 Å². The van der Waals surface area contributed by atoms with E-state index in [-0.39, 0.29) is 10.8 Å². The molecule has 0 aliphatic carbocycles. The second kappa shape index (κ2) is 5.68. The Balaban J connectivity index is 3.36. The van der Waals surface area contributed by atoms with E-state index in [0.717, 1.165) is 6.07 Å². The Labute approximate surface area is 118 Å². The van der Waals surface area contributed by atoms with Crippen LogP contribution < -0.4 is 0 Å². The molecule has 114 valence electrons. The Morgan fingerprint density at radius 2 is 1.85 bits per heavy atom. The quantitative estimate of drug-likeness (QED) is 0.668. The van der Waals surface area contributed by atoms with Crippen LogP contribution in [-0.2, 0) is 16.3 Å². The van der Waals surface area contributed by atoms with E-state index >= 15 is 0 Å². The average Bonchev–Trinajstić information content (AvgIpc) is 2.26. The van der Waals surface area contributed by atoms with Gasteiger partial charge in [-0.1, -0.05) is 26.0 Å². The van der Waals surface area contributed by atoms with Gasteiger partial charge in [-0.15, -0.1) is 0 Å². The summed E-state index contributed by atoms with van der Waals surface area (Å²) in [5.41, 5.74) is 0.209. The maximum atomic E-state index is 12.9. The van der Waals surface area contributed by atoms with Gasteiger partial charge in [0.05, 0.1) is 11.3 Å². The molecule has 1 rings (SSSR count). The third-order valence-corrected chi connectivity index (χ3v) is 5.95. The molecule has 0 amide bonds. The maximum absolute atomic E-state index is 12.9. The van der Waals surface area contributed by atoms with Crippen LogP contribution >= 0.6 is 0 Å². The van der Waals surface area contributed by atoms with E-state index in [0.29, 0.717) is 11.3 Å². The van der Waals surface area contributed by atoms with Crippen LogP contribution in [0.1, 0.15) is 37.5 Å². The van der Waals surface area contributed by atoms with Gasteiger partial charge in [0.1, 0.15) is 0 Å². The van der Waals surface area contributed by atoms with Gasteiger partial charge >= 0.3 is 6.18 Å². The topological polar surface area (TPSA) is 29.4 Å². The normalized spacial score (nSPS) is 14.8. The van der Waals surface area contributed by atoms with Crippen LogP contribution in [0.3, 0.4) is 0 Å². The fraction of sp³-hybridized carbons (Fsp3) is 0.500. The fourth-order valence-electron chi connectivity index (χ4n) is 1.80. The van der Waals surface area contributed by atoms with E-state index in [1.165, 1.54) is 13.0 Å². The second-order valence-corrected chi connectivity index (χ2v) is 8.32. The highest BCUT2D eigenvalue weighted by Gasteiger charge is 2.33. The van der Waals surface area contributed by atoms with Crippen LogP contribution in [0.25, 0.3) is 0 Å². The van der Waals surface area contributed by atoms with Crippen molar-refractivity contribution in [2.45, 2.75) is 39.1 Å². The smallest absolute Gasteiger partial charge is 0.265 e. The number of alkyl halides is 3. The SMILES string of the molecule is CC(=N[SH](C)(=O)C(C)C)c1cccc(C(F)(F)F)c1C. The lowest BCUT2D eigenvalue weighted by Crippen LogP contribution is -2.20. The lowest BCUT2D eigenvalue weighted by Gasteiger charge is -2.20. The average molecular weight is 307 g/mol. The minimum absolute atomic E-state index is 0.116. The first kappa shape index (κ1) is 16.9. The van der Waals surface area contributed by atoms with Gasteiger partial charge < -0.3 is 0 Å². The van der Waals surface area contributed by atoms with Crippen molar-refractivity contribution in [3.63, 3.8) is 0 Å². The Morgan fingerprint density at radius 3 is 2.30 bits per heavy atom. The highest BCUT2D eigenvalue weighted by molar-refractivity contribution is 8.01. The highest BCUT2D eigenvalue weighted by atomic mass is 32.3. The largest absolute Gasteiger partial charge is 0.416 e. The zero-order valence-corrected chi connectivity index (χ0v) is 13.1. The summed E-state index contributed by atoms with van der Waals surface area (Å²) in [6.07, 6.45) is -2.85. The van der Waals surface area contributed by atoms with Crippen LogP contribution in [0.2, 0.25) is 0 Å². The zero-order valence-electron chi connectivity index (χ0n) is 12.2. The number of benzene rings is 1. The molecule has 0 aliphatic rings. The second-order valence-electron chi connectivity index (χ2n) is 5.20. The predicted octanol–water partition coefficient (Wildman–Crippen LogP) is 3.79. The molecule has 1 aromatic carbocycles. The molecule has 0 aromatic heterocycles. The molecule has 0 N–H and O–H groups in total. The van der Waals surface area contributed by atoms with Gasteiger partial charge in [0.2, 0.25) is 0 Å². The summed E-state index contributed by atoms with van der Waals surface area (Å²) in [5.74, 6) is 0. The molecule has 0 heterocycles. The van der Waals surface area contributed by atoms with Gasteiger partial charge in [-0.25, -0.2) is 4.40 Å². The molecular weight excluding hydrogens is 287 g/mol. The summed E-state index contributed by atoms with van der Waals surface area (Å²) in [6, 6.07) is 3.96. The molecule has 1 aromatic rings. The molecular formula is C14H20F3NOS. The molecule has 0 fully saturated rings. The molecule has 0 saturated heterocycles. The van der Waals surface area contributed by atoms with Gasteiger partial charge in [0.25, 0.3) is 0 Å². The third-order valence-electron chi connectivity index (χ3n) is 3.34. The molecule has 2 nitrogen and oxygen atoms in total.